The van der Waals surface area contributed by atoms with Crippen molar-refractivity contribution in [3.8, 4) is 0 Å². The number of hydrogen-bond acceptors (Lipinski definition) is 5. The molecule has 1 aromatic carbocycles. The van der Waals surface area contributed by atoms with Crippen LogP contribution in [-0.4, -0.2) is 46.6 Å². The molecule has 1 amide bonds. The van der Waals surface area contributed by atoms with Gasteiger partial charge in [0.1, 0.15) is 0 Å². The van der Waals surface area contributed by atoms with Crippen LogP contribution in [0.3, 0.4) is 0 Å². The largest absolute Gasteiger partial charge is 0.474 e. The van der Waals surface area contributed by atoms with Crippen molar-refractivity contribution in [2.75, 3.05) is 29.4 Å². The predicted octanol–water partition coefficient (Wildman–Crippen LogP) is 1.62. The quantitative estimate of drug-likeness (QED) is 0.695. The van der Waals surface area contributed by atoms with E-state index in [-0.39, 0.29) is 11.0 Å². The third-order valence-corrected chi connectivity index (χ3v) is 6.85. The van der Waals surface area contributed by atoms with E-state index in [1.807, 2.05) is 24.3 Å². The Morgan fingerprint density at radius 3 is 2.60 bits per heavy atom. The van der Waals surface area contributed by atoms with E-state index in [0.29, 0.717) is 31.3 Å². The maximum absolute atomic E-state index is 12.5. The number of benzene rings is 1. The van der Waals surface area contributed by atoms with Crippen LogP contribution in [-0.2, 0) is 27.8 Å². The Bertz CT molecular complexity index is 1080. The minimum atomic E-state index is -1.44. The van der Waals surface area contributed by atoms with E-state index in [2.05, 4.69) is 9.88 Å². The molecule has 3 aliphatic rings. The molecule has 1 aromatic heterocycles. The lowest BCUT2D eigenvalue weighted by molar-refractivity contribution is -0.148. The molecule has 8 heteroatoms. The summed E-state index contributed by atoms with van der Waals surface area (Å²) >= 11 is 0. The molecule has 1 fully saturated rings. The summed E-state index contributed by atoms with van der Waals surface area (Å²) in [5.41, 5.74) is 3.17. The number of aromatic nitrogens is 2. The number of carbonyl (C=O) groups excluding carboxylic acids is 1. The molecule has 0 radical (unpaired) electrons. The van der Waals surface area contributed by atoms with Gasteiger partial charge in [-0.1, -0.05) is 18.2 Å². The Morgan fingerprint density at radius 2 is 1.83 bits per heavy atom. The van der Waals surface area contributed by atoms with Crippen LogP contribution in [0.5, 0.6) is 0 Å². The van der Waals surface area contributed by atoms with Gasteiger partial charge in [-0.25, -0.2) is 9.78 Å². The number of fused-ring (bicyclic) bond motifs is 3. The summed E-state index contributed by atoms with van der Waals surface area (Å²) in [5.74, 6) is -1.70. The van der Waals surface area contributed by atoms with Crippen molar-refractivity contribution in [3.63, 3.8) is 0 Å². The first-order valence-corrected chi connectivity index (χ1v) is 10.5. The number of hydrogen-bond donors (Lipinski definition) is 2. The number of carboxylic acid groups (broad SMARTS) is 1. The number of nitrogens with one attached hydrogen (secondary N) is 1. The maximum atomic E-state index is 12.5. The number of aromatic amines is 1. The van der Waals surface area contributed by atoms with Crippen LogP contribution in [0.25, 0.3) is 0 Å². The number of piperidine rings is 1. The second-order valence-corrected chi connectivity index (χ2v) is 8.50. The molecule has 1 spiro atoms. The van der Waals surface area contributed by atoms with Gasteiger partial charge in [0, 0.05) is 36.3 Å². The summed E-state index contributed by atoms with van der Waals surface area (Å²) in [6, 6.07) is 7.58. The van der Waals surface area contributed by atoms with Gasteiger partial charge in [0.05, 0.1) is 5.69 Å². The van der Waals surface area contributed by atoms with Crippen molar-refractivity contribution in [2.24, 2.45) is 0 Å². The van der Waals surface area contributed by atoms with Crippen LogP contribution in [0, 0.1) is 0 Å². The Kier molecular flexibility index (Phi) is 4.38. The third kappa shape index (κ3) is 2.89. The fourth-order valence-corrected chi connectivity index (χ4v) is 5.24. The van der Waals surface area contributed by atoms with Crippen LogP contribution < -0.4 is 15.4 Å². The highest BCUT2D eigenvalue weighted by Gasteiger charge is 2.47. The summed E-state index contributed by atoms with van der Waals surface area (Å²) in [4.78, 5) is 47.3. The monoisotopic (exact) mass is 408 g/mol. The molecule has 2 N–H and O–H groups in total. The van der Waals surface area contributed by atoms with E-state index in [4.69, 9.17) is 4.98 Å². The number of nitrogens with zero attached hydrogens (tertiary/aromatic N) is 3. The Labute approximate surface area is 173 Å². The molecule has 0 atom stereocenters. The van der Waals surface area contributed by atoms with Gasteiger partial charge < -0.3 is 14.9 Å². The van der Waals surface area contributed by atoms with Gasteiger partial charge in [0.2, 0.25) is 5.95 Å². The predicted molar refractivity (Wildman–Crippen MR) is 111 cm³/mol. The average molecular weight is 408 g/mol. The first-order chi connectivity index (χ1) is 14.5. The van der Waals surface area contributed by atoms with Crippen LogP contribution in [0.1, 0.15) is 42.5 Å². The number of carboxylic acids is 1. The van der Waals surface area contributed by atoms with Crippen LogP contribution in [0.4, 0.5) is 11.6 Å². The zero-order valence-corrected chi connectivity index (χ0v) is 16.7. The number of amides is 1. The molecule has 5 rings (SSSR count). The number of para-hydroxylation sites is 1. The third-order valence-electron chi connectivity index (χ3n) is 6.85. The fourth-order valence-electron chi connectivity index (χ4n) is 5.24. The summed E-state index contributed by atoms with van der Waals surface area (Å²) < 4.78 is 0. The number of aryl methyl sites for hydroxylation is 1. The van der Waals surface area contributed by atoms with Crippen LogP contribution in [0.15, 0.2) is 29.1 Å². The molecular formula is C22H24N4O4. The number of H-pyrrole nitrogens is 1. The minimum absolute atomic E-state index is 0.0283. The maximum Gasteiger partial charge on any atom is 0.394 e. The topological polar surface area (TPSA) is 107 Å². The van der Waals surface area contributed by atoms with Crippen molar-refractivity contribution in [1.29, 1.82) is 0 Å². The summed E-state index contributed by atoms with van der Waals surface area (Å²) in [6.45, 7) is 1.75. The highest BCUT2D eigenvalue weighted by atomic mass is 16.4. The standard InChI is InChI=1S/C22H24N4O4/c27-18-14-5-1-3-7-16(14)23-21(24-18)25-11-9-22(10-12-25)13-26(19(28)20(29)30)17-8-4-2-6-15(17)22/h2,4,6,8H,1,3,5,7,9-13H2,(H,29,30)(H,23,24,27). The summed E-state index contributed by atoms with van der Waals surface area (Å²) in [7, 11) is 0. The van der Waals surface area contributed by atoms with Gasteiger partial charge in [0.15, 0.2) is 0 Å². The summed E-state index contributed by atoms with van der Waals surface area (Å²) in [6.07, 6.45) is 5.27. The van der Waals surface area contributed by atoms with E-state index >= 15 is 0 Å². The molecule has 0 bridgehead atoms. The molecule has 156 valence electrons. The molecular weight excluding hydrogens is 384 g/mol. The molecule has 3 heterocycles. The average Bonchev–Trinajstić information content (AvgIpc) is 3.08. The van der Waals surface area contributed by atoms with Gasteiger partial charge in [0.25, 0.3) is 5.56 Å². The van der Waals surface area contributed by atoms with Crippen LogP contribution >= 0.6 is 0 Å². The van der Waals surface area contributed by atoms with Gasteiger partial charge >= 0.3 is 11.9 Å². The Morgan fingerprint density at radius 1 is 1.10 bits per heavy atom. The van der Waals surface area contributed by atoms with Crippen LogP contribution in [0.2, 0.25) is 0 Å². The van der Waals surface area contributed by atoms with Crippen molar-refractivity contribution < 1.29 is 14.7 Å². The lowest BCUT2D eigenvalue weighted by atomic mass is 9.74. The van der Waals surface area contributed by atoms with E-state index < -0.39 is 11.9 Å². The Hall–Kier alpha value is -3.16. The molecule has 1 aliphatic carbocycles. The van der Waals surface area contributed by atoms with E-state index in [1.165, 1.54) is 4.90 Å². The number of aliphatic carboxylic acids is 1. The molecule has 8 nitrogen and oxygen atoms in total. The fraction of sp³-hybridized carbons (Fsp3) is 0.455. The number of carbonyl (C=O) groups is 2. The van der Waals surface area contributed by atoms with E-state index in [0.717, 1.165) is 55.3 Å². The lowest BCUT2D eigenvalue weighted by Crippen LogP contribution is -2.47. The van der Waals surface area contributed by atoms with E-state index in [9.17, 15) is 19.5 Å². The number of anilines is 2. The first-order valence-electron chi connectivity index (χ1n) is 10.5. The normalized spacial score (nSPS) is 19.5. The smallest absolute Gasteiger partial charge is 0.394 e. The van der Waals surface area contributed by atoms with Gasteiger partial charge in [-0.2, -0.15) is 0 Å². The first kappa shape index (κ1) is 18.8. The molecule has 0 unspecified atom stereocenters. The van der Waals surface area contributed by atoms with Gasteiger partial charge in [-0.05, 0) is 50.2 Å². The number of rotatable bonds is 1. The van der Waals surface area contributed by atoms with E-state index in [1.54, 1.807) is 0 Å². The lowest BCUT2D eigenvalue weighted by Gasteiger charge is -2.40. The highest BCUT2D eigenvalue weighted by molar-refractivity contribution is 6.37. The van der Waals surface area contributed by atoms with Crippen molar-refractivity contribution in [1.82, 2.24) is 9.97 Å². The Balaban J connectivity index is 1.41. The van der Waals surface area contributed by atoms with Gasteiger partial charge in [-0.3, -0.25) is 14.6 Å². The summed E-state index contributed by atoms with van der Waals surface area (Å²) in [5, 5.41) is 9.23. The zero-order valence-electron chi connectivity index (χ0n) is 16.7. The molecule has 2 aliphatic heterocycles. The molecule has 1 saturated heterocycles. The molecule has 0 saturated carbocycles. The van der Waals surface area contributed by atoms with Gasteiger partial charge in [-0.15, -0.1) is 0 Å². The second kappa shape index (κ2) is 6.97. The van der Waals surface area contributed by atoms with Crippen molar-refractivity contribution >= 4 is 23.5 Å². The van der Waals surface area contributed by atoms with Crippen molar-refractivity contribution in [3.05, 3.63) is 51.4 Å². The molecule has 30 heavy (non-hydrogen) atoms. The highest BCUT2D eigenvalue weighted by Crippen LogP contribution is 2.47. The minimum Gasteiger partial charge on any atom is -0.474 e. The SMILES string of the molecule is O=C(O)C(=O)N1CC2(CCN(c3nc4c(c(=O)[nH]3)CCCC4)CC2)c2ccccc21. The second-order valence-electron chi connectivity index (χ2n) is 8.50. The zero-order chi connectivity index (χ0) is 20.9. The molecule has 2 aromatic rings. The van der Waals surface area contributed by atoms with Crippen molar-refractivity contribution in [2.45, 2.75) is 43.9 Å².